The lowest BCUT2D eigenvalue weighted by Crippen LogP contribution is -2.39. The van der Waals surface area contributed by atoms with E-state index in [1.807, 2.05) is 17.0 Å². The number of hydrogen-bond donors (Lipinski definition) is 0. The first kappa shape index (κ1) is 22.9. The molecule has 4 heterocycles. The summed E-state index contributed by atoms with van der Waals surface area (Å²) < 4.78 is 41.1. The van der Waals surface area contributed by atoms with Crippen LogP contribution < -0.4 is 15.2 Å². The third-order valence-electron chi connectivity index (χ3n) is 6.19. The molecule has 0 N–H and O–H groups in total. The fraction of sp³-hybridized carbons (Fsp3) is 0.280. The van der Waals surface area contributed by atoms with E-state index < -0.39 is 11.6 Å². The van der Waals surface area contributed by atoms with E-state index in [2.05, 4.69) is 9.97 Å². The van der Waals surface area contributed by atoms with Gasteiger partial charge in [0.2, 0.25) is 5.88 Å². The van der Waals surface area contributed by atoms with Gasteiger partial charge in [0.25, 0.3) is 5.56 Å². The standard InChI is InChI=1S/C25H23F2N5O3/c1-14-29-19-12-21(32-8-9-35-20(13-32)15-6-7-28-22(10-15)34-3)30-24(23(19)25(33)31(14)2)17-5-4-16(26)11-18(17)27/h4-7,10-12,20H,8-9,13H2,1-3H3. The van der Waals surface area contributed by atoms with Crippen molar-refractivity contribution in [3.63, 3.8) is 0 Å². The van der Waals surface area contributed by atoms with Crippen molar-refractivity contribution >= 4 is 16.7 Å². The summed E-state index contributed by atoms with van der Waals surface area (Å²) >= 11 is 0. The summed E-state index contributed by atoms with van der Waals surface area (Å²) in [5.41, 5.74) is 1.09. The van der Waals surface area contributed by atoms with Crippen LogP contribution in [-0.2, 0) is 11.8 Å². The van der Waals surface area contributed by atoms with E-state index in [1.165, 1.54) is 10.6 Å². The minimum Gasteiger partial charge on any atom is -0.481 e. The number of rotatable bonds is 4. The Bertz CT molecular complexity index is 1490. The third-order valence-corrected chi connectivity index (χ3v) is 6.19. The SMILES string of the molecule is COc1cc(C2CN(c3cc4nc(C)n(C)c(=O)c4c(-c4ccc(F)cc4F)n3)CCO2)ccn1. The second-order valence-electron chi connectivity index (χ2n) is 8.31. The number of methoxy groups -OCH3 is 1. The molecule has 1 aliphatic heterocycles. The van der Waals surface area contributed by atoms with Crippen LogP contribution in [0.4, 0.5) is 14.6 Å². The number of pyridine rings is 2. The summed E-state index contributed by atoms with van der Waals surface area (Å²) in [6, 6.07) is 8.62. The number of benzene rings is 1. The van der Waals surface area contributed by atoms with Crippen LogP contribution in [0.15, 0.2) is 47.4 Å². The van der Waals surface area contributed by atoms with Crippen molar-refractivity contribution in [2.45, 2.75) is 13.0 Å². The van der Waals surface area contributed by atoms with E-state index in [9.17, 15) is 13.6 Å². The van der Waals surface area contributed by atoms with E-state index in [1.54, 1.807) is 33.3 Å². The highest BCUT2D eigenvalue weighted by molar-refractivity contribution is 5.93. The van der Waals surface area contributed by atoms with Gasteiger partial charge in [0.1, 0.15) is 29.4 Å². The fourth-order valence-corrected chi connectivity index (χ4v) is 4.22. The monoisotopic (exact) mass is 479 g/mol. The van der Waals surface area contributed by atoms with Gasteiger partial charge in [-0.3, -0.25) is 9.36 Å². The molecule has 1 unspecified atom stereocenters. The second kappa shape index (κ2) is 9.03. The van der Waals surface area contributed by atoms with Crippen molar-refractivity contribution < 1.29 is 18.3 Å². The van der Waals surface area contributed by atoms with Crippen LogP contribution in [0.1, 0.15) is 17.5 Å². The Hall–Kier alpha value is -3.92. The average Bonchev–Trinajstić information content (AvgIpc) is 2.87. The highest BCUT2D eigenvalue weighted by Gasteiger charge is 2.26. The zero-order chi connectivity index (χ0) is 24.7. The molecule has 8 nitrogen and oxygen atoms in total. The predicted octanol–water partition coefficient (Wildman–Crippen LogP) is 3.56. The molecule has 1 atom stereocenters. The van der Waals surface area contributed by atoms with Gasteiger partial charge in [0, 0.05) is 50.1 Å². The van der Waals surface area contributed by atoms with Crippen molar-refractivity contribution in [1.82, 2.24) is 19.5 Å². The number of ether oxygens (including phenoxy) is 2. The Morgan fingerprint density at radius 2 is 1.97 bits per heavy atom. The van der Waals surface area contributed by atoms with Crippen LogP contribution in [0.25, 0.3) is 22.2 Å². The summed E-state index contributed by atoms with van der Waals surface area (Å²) in [6.07, 6.45) is 1.38. The van der Waals surface area contributed by atoms with E-state index >= 15 is 0 Å². The molecule has 0 saturated carbocycles. The first-order valence-electron chi connectivity index (χ1n) is 11.1. The summed E-state index contributed by atoms with van der Waals surface area (Å²) in [7, 11) is 3.15. The Balaban J connectivity index is 1.64. The zero-order valence-electron chi connectivity index (χ0n) is 19.5. The van der Waals surface area contributed by atoms with Gasteiger partial charge in [-0.15, -0.1) is 0 Å². The number of nitrogens with zero attached hydrogens (tertiary/aromatic N) is 5. The smallest absolute Gasteiger partial charge is 0.263 e. The lowest BCUT2D eigenvalue weighted by Gasteiger charge is -2.34. The summed E-state index contributed by atoms with van der Waals surface area (Å²) in [5.74, 6) is -0.00375. The number of anilines is 1. The maximum Gasteiger partial charge on any atom is 0.263 e. The van der Waals surface area contributed by atoms with Crippen LogP contribution >= 0.6 is 0 Å². The molecular weight excluding hydrogens is 456 g/mol. The van der Waals surface area contributed by atoms with E-state index in [0.717, 1.165) is 17.7 Å². The molecule has 10 heteroatoms. The maximum absolute atomic E-state index is 14.8. The molecule has 0 radical (unpaired) electrons. The van der Waals surface area contributed by atoms with Crippen LogP contribution in [0.5, 0.6) is 5.88 Å². The fourth-order valence-electron chi connectivity index (χ4n) is 4.22. The molecule has 0 aliphatic carbocycles. The molecule has 1 saturated heterocycles. The maximum atomic E-state index is 14.8. The summed E-state index contributed by atoms with van der Waals surface area (Å²) in [4.78, 5) is 28.5. The topological polar surface area (TPSA) is 82.4 Å². The Kier molecular flexibility index (Phi) is 5.89. The van der Waals surface area contributed by atoms with Gasteiger partial charge in [-0.2, -0.15) is 0 Å². The molecule has 5 rings (SSSR count). The number of morpholine rings is 1. The Morgan fingerprint density at radius 1 is 1.14 bits per heavy atom. The van der Waals surface area contributed by atoms with Crippen molar-refractivity contribution in [2.75, 3.05) is 31.7 Å². The van der Waals surface area contributed by atoms with E-state index in [0.29, 0.717) is 42.7 Å². The van der Waals surface area contributed by atoms with Gasteiger partial charge in [-0.1, -0.05) is 0 Å². The van der Waals surface area contributed by atoms with Gasteiger partial charge in [0.15, 0.2) is 0 Å². The molecule has 4 aromatic rings. The first-order valence-corrected chi connectivity index (χ1v) is 11.1. The minimum absolute atomic E-state index is 0.0321. The highest BCUT2D eigenvalue weighted by atomic mass is 19.1. The number of fused-ring (bicyclic) bond motifs is 1. The molecule has 0 amide bonds. The van der Waals surface area contributed by atoms with Crippen LogP contribution in [0, 0.1) is 18.6 Å². The lowest BCUT2D eigenvalue weighted by molar-refractivity contribution is 0.0393. The molecule has 180 valence electrons. The molecule has 1 aromatic carbocycles. The molecule has 3 aromatic heterocycles. The quantitative estimate of drug-likeness (QED) is 0.443. The lowest BCUT2D eigenvalue weighted by atomic mass is 10.1. The normalized spacial score (nSPS) is 16.0. The van der Waals surface area contributed by atoms with Crippen molar-refractivity contribution in [3.05, 3.63) is 76.0 Å². The third kappa shape index (κ3) is 4.21. The number of halogens is 2. The molecule has 1 aliphatic rings. The summed E-state index contributed by atoms with van der Waals surface area (Å²) in [5, 5.41) is 0.177. The average molecular weight is 479 g/mol. The number of aromatic nitrogens is 4. The second-order valence-corrected chi connectivity index (χ2v) is 8.31. The molecule has 35 heavy (non-hydrogen) atoms. The van der Waals surface area contributed by atoms with Gasteiger partial charge in [-0.05, 0) is 30.7 Å². The predicted molar refractivity (Wildman–Crippen MR) is 127 cm³/mol. The van der Waals surface area contributed by atoms with Gasteiger partial charge < -0.3 is 14.4 Å². The largest absolute Gasteiger partial charge is 0.481 e. The van der Waals surface area contributed by atoms with Gasteiger partial charge in [-0.25, -0.2) is 23.7 Å². The molecule has 1 fully saturated rings. The van der Waals surface area contributed by atoms with E-state index in [4.69, 9.17) is 14.5 Å². The zero-order valence-corrected chi connectivity index (χ0v) is 19.5. The number of aryl methyl sites for hydroxylation is 1. The summed E-state index contributed by atoms with van der Waals surface area (Å²) in [6.45, 7) is 3.15. The molecule has 0 bridgehead atoms. The van der Waals surface area contributed by atoms with Gasteiger partial charge in [0.05, 0.1) is 30.3 Å². The molecular formula is C25H23F2N5O3. The van der Waals surface area contributed by atoms with Crippen LogP contribution in [0.2, 0.25) is 0 Å². The first-order chi connectivity index (χ1) is 16.9. The van der Waals surface area contributed by atoms with Crippen molar-refractivity contribution in [3.8, 4) is 17.1 Å². The minimum atomic E-state index is -0.803. The number of hydrogen-bond acceptors (Lipinski definition) is 7. The molecule has 0 spiro atoms. The Morgan fingerprint density at radius 3 is 2.74 bits per heavy atom. The van der Waals surface area contributed by atoms with Crippen molar-refractivity contribution in [1.29, 1.82) is 0 Å². The van der Waals surface area contributed by atoms with E-state index in [-0.39, 0.29) is 28.3 Å². The highest BCUT2D eigenvalue weighted by Crippen LogP contribution is 2.32. The van der Waals surface area contributed by atoms with Crippen LogP contribution in [0.3, 0.4) is 0 Å². The Labute approximate surface area is 199 Å². The van der Waals surface area contributed by atoms with Gasteiger partial charge >= 0.3 is 0 Å². The van der Waals surface area contributed by atoms with Crippen LogP contribution in [-0.4, -0.2) is 46.3 Å². The van der Waals surface area contributed by atoms with Crippen molar-refractivity contribution in [2.24, 2.45) is 7.05 Å².